The number of hydrogen-bond acceptors (Lipinski definition) is 3. The Bertz CT molecular complexity index is 430. The molecule has 19 heavy (non-hydrogen) atoms. The standard InChI is InChI=1S/C15H22N2O2/c1-2-11-7-8-17(10-11)15(19)14(16)9-12-3-5-13(18)6-4-12/h3-6,11,14,18H,2,7-10,16H2,1H3/t11?,14-/m0/s1. The number of aromatic hydroxyl groups is 1. The van der Waals surface area contributed by atoms with E-state index in [9.17, 15) is 9.90 Å². The second-order valence-corrected chi connectivity index (χ2v) is 5.32. The maximum atomic E-state index is 12.2. The minimum absolute atomic E-state index is 0.0454. The number of amides is 1. The van der Waals surface area contributed by atoms with E-state index in [1.165, 1.54) is 0 Å². The molecule has 1 aromatic carbocycles. The summed E-state index contributed by atoms with van der Waals surface area (Å²) in [5.41, 5.74) is 6.98. The second kappa shape index (κ2) is 6.06. The number of hydrogen-bond donors (Lipinski definition) is 2. The van der Waals surface area contributed by atoms with Gasteiger partial charge in [-0.05, 0) is 36.5 Å². The first-order chi connectivity index (χ1) is 9.10. The van der Waals surface area contributed by atoms with Gasteiger partial charge in [-0.3, -0.25) is 4.79 Å². The van der Waals surface area contributed by atoms with Crippen LogP contribution in [0.15, 0.2) is 24.3 Å². The van der Waals surface area contributed by atoms with Crippen molar-refractivity contribution in [1.82, 2.24) is 4.90 Å². The molecular formula is C15H22N2O2. The van der Waals surface area contributed by atoms with Gasteiger partial charge in [0.15, 0.2) is 0 Å². The van der Waals surface area contributed by atoms with Crippen molar-refractivity contribution in [2.45, 2.75) is 32.2 Å². The van der Waals surface area contributed by atoms with Crippen LogP contribution in [-0.2, 0) is 11.2 Å². The molecule has 0 bridgehead atoms. The Morgan fingerprint density at radius 3 is 2.74 bits per heavy atom. The molecule has 1 amide bonds. The summed E-state index contributed by atoms with van der Waals surface area (Å²) in [4.78, 5) is 14.1. The molecule has 1 heterocycles. The molecule has 4 heteroatoms. The van der Waals surface area contributed by atoms with E-state index >= 15 is 0 Å². The predicted molar refractivity (Wildman–Crippen MR) is 74.8 cm³/mol. The van der Waals surface area contributed by atoms with E-state index in [1.54, 1.807) is 24.3 Å². The molecule has 0 radical (unpaired) electrons. The molecular weight excluding hydrogens is 240 g/mol. The fourth-order valence-corrected chi connectivity index (χ4v) is 2.57. The van der Waals surface area contributed by atoms with Crippen molar-refractivity contribution in [2.75, 3.05) is 13.1 Å². The van der Waals surface area contributed by atoms with Crippen LogP contribution < -0.4 is 5.73 Å². The van der Waals surface area contributed by atoms with Crippen molar-refractivity contribution in [2.24, 2.45) is 11.7 Å². The van der Waals surface area contributed by atoms with E-state index < -0.39 is 6.04 Å². The van der Waals surface area contributed by atoms with Gasteiger partial charge in [-0.25, -0.2) is 0 Å². The van der Waals surface area contributed by atoms with E-state index in [0.717, 1.165) is 31.5 Å². The maximum absolute atomic E-state index is 12.2. The lowest BCUT2D eigenvalue weighted by atomic mass is 10.1. The molecule has 1 fully saturated rings. The Hall–Kier alpha value is -1.55. The number of phenolic OH excluding ortho intramolecular Hbond substituents is 1. The third-order valence-electron chi connectivity index (χ3n) is 3.88. The minimum atomic E-state index is -0.486. The highest BCUT2D eigenvalue weighted by molar-refractivity contribution is 5.82. The van der Waals surface area contributed by atoms with Gasteiger partial charge in [0, 0.05) is 13.1 Å². The van der Waals surface area contributed by atoms with Gasteiger partial charge >= 0.3 is 0 Å². The van der Waals surface area contributed by atoms with Crippen LogP contribution in [0.25, 0.3) is 0 Å². The number of rotatable bonds is 4. The van der Waals surface area contributed by atoms with Gasteiger partial charge in [0.05, 0.1) is 6.04 Å². The fraction of sp³-hybridized carbons (Fsp3) is 0.533. The number of nitrogens with two attached hydrogens (primary N) is 1. The summed E-state index contributed by atoms with van der Waals surface area (Å²) in [6.07, 6.45) is 2.73. The van der Waals surface area contributed by atoms with E-state index in [-0.39, 0.29) is 11.7 Å². The first kappa shape index (κ1) is 13.9. The zero-order valence-corrected chi connectivity index (χ0v) is 11.4. The Morgan fingerprint density at radius 1 is 1.47 bits per heavy atom. The normalized spacial score (nSPS) is 20.5. The molecule has 1 saturated heterocycles. The molecule has 1 aliphatic heterocycles. The SMILES string of the molecule is CCC1CCN(C(=O)[C@@H](N)Cc2ccc(O)cc2)C1. The van der Waals surface area contributed by atoms with Crippen molar-refractivity contribution in [3.63, 3.8) is 0 Å². The summed E-state index contributed by atoms with van der Waals surface area (Å²) in [7, 11) is 0. The highest BCUT2D eigenvalue weighted by Gasteiger charge is 2.28. The Labute approximate surface area is 114 Å². The monoisotopic (exact) mass is 262 g/mol. The van der Waals surface area contributed by atoms with Gasteiger partial charge < -0.3 is 15.7 Å². The van der Waals surface area contributed by atoms with Crippen molar-refractivity contribution in [3.8, 4) is 5.75 Å². The highest BCUT2D eigenvalue weighted by atomic mass is 16.3. The van der Waals surface area contributed by atoms with Crippen LogP contribution in [0.3, 0.4) is 0 Å². The molecule has 1 aromatic rings. The molecule has 4 nitrogen and oxygen atoms in total. The Balaban J connectivity index is 1.91. The Morgan fingerprint density at radius 2 is 2.16 bits per heavy atom. The van der Waals surface area contributed by atoms with Crippen molar-refractivity contribution < 1.29 is 9.90 Å². The predicted octanol–water partition coefficient (Wildman–Crippen LogP) is 1.52. The first-order valence-electron chi connectivity index (χ1n) is 6.92. The van der Waals surface area contributed by atoms with Crippen LogP contribution in [0.4, 0.5) is 0 Å². The van der Waals surface area contributed by atoms with Crippen LogP contribution in [-0.4, -0.2) is 35.0 Å². The molecule has 0 spiro atoms. The summed E-state index contributed by atoms with van der Waals surface area (Å²) in [6.45, 7) is 3.84. The molecule has 0 saturated carbocycles. The second-order valence-electron chi connectivity index (χ2n) is 5.32. The number of carbonyl (C=O) groups excluding carboxylic acids is 1. The van der Waals surface area contributed by atoms with Crippen LogP contribution in [0.5, 0.6) is 5.75 Å². The van der Waals surface area contributed by atoms with Gasteiger partial charge in [0.2, 0.25) is 5.91 Å². The fourth-order valence-electron chi connectivity index (χ4n) is 2.57. The molecule has 3 N–H and O–H groups in total. The summed E-state index contributed by atoms with van der Waals surface area (Å²) >= 11 is 0. The van der Waals surface area contributed by atoms with Gasteiger partial charge in [-0.1, -0.05) is 25.5 Å². The van der Waals surface area contributed by atoms with E-state index in [0.29, 0.717) is 12.3 Å². The zero-order valence-electron chi connectivity index (χ0n) is 11.4. The minimum Gasteiger partial charge on any atom is -0.508 e. The quantitative estimate of drug-likeness (QED) is 0.864. The molecule has 1 unspecified atom stereocenters. The van der Waals surface area contributed by atoms with Gasteiger partial charge in [-0.15, -0.1) is 0 Å². The number of carbonyl (C=O) groups is 1. The van der Waals surface area contributed by atoms with E-state index in [4.69, 9.17) is 5.73 Å². The third-order valence-corrected chi connectivity index (χ3v) is 3.88. The van der Waals surface area contributed by atoms with Crippen LogP contribution in [0, 0.1) is 5.92 Å². The van der Waals surface area contributed by atoms with Crippen LogP contribution >= 0.6 is 0 Å². The molecule has 2 atom stereocenters. The Kier molecular flexibility index (Phi) is 4.43. The molecule has 0 aromatic heterocycles. The largest absolute Gasteiger partial charge is 0.508 e. The number of likely N-dealkylation sites (tertiary alicyclic amines) is 1. The van der Waals surface area contributed by atoms with Crippen LogP contribution in [0.1, 0.15) is 25.3 Å². The summed E-state index contributed by atoms with van der Waals surface area (Å²) in [6, 6.07) is 6.37. The van der Waals surface area contributed by atoms with E-state index in [1.807, 2.05) is 4.90 Å². The van der Waals surface area contributed by atoms with Crippen molar-refractivity contribution in [3.05, 3.63) is 29.8 Å². The average Bonchev–Trinajstić information content (AvgIpc) is 2.89. The molecule has 104 valence electrons. The number of nitrogens with zero attached hydrogens (tertiary/aromatic N) is 1. The lowest BCUT2D eigenvalue weighted by Gasteiger charge is -2.21. The van der Waals surface area contributed by atoms with Gasteiger partial charge in [0.1, 0.15) is 5.75 Å². The number of benzene rings is 1. The highest BCUT2D eigenvalue weighted by Crippen LogP contribution is 2.20. The molecule has 2 rings (SSSR count). The molecule has 0 aliphatic carbocycles. The summed E-state index contributed by atoms with van der Waals surface area (Å²) < 4.78 is 0. The maximum Gasteiger partial charge on any atom is 0.239 e. The third kappa shape index (κ3) is 3.47. The van der Waals surface area contributed by atoms with Gasteiger partial charge in [-0.2, -0.15) is 0 Å². The average molecular weight is 262 g/mol. The topological polar surface area (TPSA) is 66.6 Å². The van der Waals surface area contributed by atoms with Gasteiger partial charge in [0.25, 0.3) is 0 Å². The smallest absolute Gasteiger partial charge is 0.239 e. The van der Waals surface area contributed by atoms with Crippen molar-refractivity contribution >= 4 is 5.91 Å². The summed E-state index contributed by atoms with van der Waals surface area (Å²) in [5.74, 6) is 0.905. The first-order valence-corrected chi connectivity index (χ1v) is 6.92. The van der Waals surface area contributed by atoms with Crippen molar-refractivity contribution in [1.29, 1.82) is 0 Å². The van der Waals surface area contributed by atoms with Crippen LogP contribution in [0.2, 0.25) is 0 Å². The lowest BCUT2D eigenvalue weighted by molar-refractivity contribution is -0.131. The lowest BCUT2D eigenvalue weighted by Crippen LogP contribution is -2.43. The van der Waals surface area contributed by atoms with E-state index in [2.05, 4.69) is 6.92 Å². The molecule has 1 aliphatic rings. The summed E-state index contributed by atoms with van der Waals surface area (Å²) in [5, 5.41) is 9.22. The zero-order chi connectivity index (χ0) is 13.8. The number of phenols is 1.